The molecule has 1 unspecified atom stereocenters. The summed E-state index contributed by atoms with van der Waals surface area (Å²) in [7, 11) is 3.39. The predicted octanol–water partition coefficient (Wildman–Crippen LogP) is 2.20. The Morgan fingerprint density at radius 2 is 2.18 bits per heavy atom. The first-order valence-corrected chi connectivity index (χ1v) is 6.30. The summed E-state index contributed by atoms with van der Waals surface area (Å²) in [4.78, 5) is 5.37. The van der Waals surface area contributed by atoms with Crippen molar-refractivity contribution in [1.82, 2.24) is 5.06 Å². The van der Waals surface area contributed by atoms with Crippen molar-refractivity contribution in [3.8, 4) is 0 Å². The summed E-state index contributed by atoms with van der Waals surface area (Å²) in [6, 6.07) is 0. The molecule has 0 N–H and O–H groups in total. The van der Waals surface area contributed by atoms with Crippen LogP contribution in [0.3, 0.4) is 0 Å². The number of hydrogen-bond acceptors (Lipinski definition) is 4. The van der Waals surface area contributed by atoms with Gasteiger partial charge in [-0.25, -0.2) is 5.06 Å². The van der Waals surface area contributed by atoms with Crippen molar-refractivity contribution >= 4 is 0 Å². The molecule has 0 bridgehead atoms. The second-order valence-electron chi connectivity index (χ2n) is 4.77. The van der Waals surface area contributed by atoms with Crippen LogP contribution < -0.4 is 0 Å². The van der Waals surface area contributed by atoms with Crippen LogP contribution in [-0.2, 0) is 14.3 Å². The van der Waals surface area contributed by atoms with E-state index in [2.05, 4.69) is 0 Å². The molecular formula is C13H19NO3. The smallest absolute Gasteiger partial charge is 0.217 e. The van der Waals surface area contributed by atoms with Gasteiger partial charge in [0.25, 0.3) is 0 Å². The largest absolute Gasteiger partial charge is 0.496 e. The van der Waals surface area contributed by atoms with E-state index in [0.717, 1.165) is 31.1 Å². The molecule has 0 aromatic rings. The van der Waals surface area contributed by atoms with E-state index in [9.17, 15) is 0 Å². The molecule has 0 saturated heterocycles. The van der Waals surface area contributed by atoms with E-state index in [4.69, 9.17) is 14.3 Å². The van der Waals surface area contributed by atoms with Gasteiger partial charge in [0.2, 0.25) is 5.88 Å². The zero-order chi connectivity index (χ0) is 11.8. The van der Waals surface area contributed by atoms with Crippen LogP contribution in [0.1, 0.15) is 25.7 Å². The highest BCUT2D eigenvalue weighted by molar-refractivity contribution is 5.42. The molecule has 0 radical (unpaired) electrons. The van der Waals surface area contributed by atoms with E-state index in [1.54, 1.807) is 19.3 Å². The zero-order valence-electron chi connectivity index (χ0n) is 10.5. The van der Waals surface area contributed by atoms with Crippen molar-refractivity contribution < 1.29 is 14.3 Å². The van der Waals surface area contributed by atoms with Crippen LogP contribution in [0.2, 0.25) is 0 Å². The average Bonchev–Trinajstić information content (AvgIpc) is 2.39. The summed E-state index contributed by atoms with van der Waals surface area (Å²) < 4.78 is 11.3. The van der Waals surface area contributed by atoms with Crippen LogP contribution in [0.25, 0.3) is 0 Å². The fourth-order valence-corrected chi connectivity index (χ4v) is 3.22. The second-order valence-corrected chi connectivity index (χ2v) is 4.77. The number of hydrogen-bond donors (Lipinski definition) is 0. The molecule has 0 aromatic heterocycles. The third kappa shape index (κ3) is 1.62. The molecular weight excluding hydrogens is 218 g/mol. The number of rotatable bonds is 2. The van der Waals surface area contributed by atoms with Crippen molar-refractivity contribution in [1.29, 1.82) is 0 Å². The number of allylic oxidation sites excluding steroid dienone is 2. The quantitative estimate of drug-likeness (QED) is 0.736. The molecule has 4 nitrogen and oxygen atoms in total. The molecule has 3 aliphatic rings. The second kappa shape index (κ2) is 4.26. The van der Waals surface area contributed by atoms with E-state index in [1.807, 2.05) is 0 Å². The van der Waals surface area contributed by atoms with E-state index in [0.29, 0.717) is 12.5 Å². The molecule has 0 aromatic carbocycles. The summed E-state index contributed by atoms with van der Waals surface area (Å²) in [5.74, 6) is 2.65. The van der Waals surface area contributed by atoms with E-state index in [1.165, 1.54) is 24.0 Å². The van der Waals surface area contributed by atoms with Gasteiger partial charge in [0.1, 0.15) is 12.3 Å². The van der Waals surface area contributed by atoms with Gasteiger partial charge in [-0.2, -0.15) is 0 Å². The Labute approximate surface area is 102 Å². The highest BCUT2D eigenvalue weighted by Gasteiger charge is 2.37. The van der Waals surface area contributed by atoms with Crippen molar-refractivity contribution in [3.05, 3.63) is 22.8 Å². The SMILES string of the molecule is COC1=C2CCCC3CCOC(=C23)CN1OC. The number of nitrogens with zero attached hydrogens (tertiary/aromatic N) is 1. The number of ether oxygens (including phenoxy) is 2. The van der Waals surface area contributed by atoms with Gasteiger partial charge in [0.05, 0.1) is 20.8 Å². The third-order valence-electron chi connectivity index (χ3n) is 3.94. The van der Waals surface area contributed by atoms with Crippen molar-refractivity contribution in [3.63, 3.8) is 0 Å². The van der Waals surface area contributed by atoms with Gasteiger partial charge in [-0.05, 0) is 31.6 Å². The Bertz CT molecular complexity index is 386. The fourth-order valence-electron chi connectivity index (χ4n) is 3.22. The maximum absolute atomic E-state index is 5.81. The van der Waals surface area contributed by atoms with Crippen LogP contribution in [0.5, 0.6) is 0 Å². The normalized spacial score (nSPS) is 27.9. The molecule has 17 heavy (non-hydrogen) atoms. The van der Waals surface area contributed by atoms with E-state index < -0.39 is 0 Å². The van der Waals surface area contributed by atoms with Gasteiger partial charge >= 0.3 is 0 Å². The average molecular weight is 237 g/mol. The Balaban J connectivity index is 2.06. The molecule has 1 saturated carbocycles. The standard InChI is InChI=1S/C13H19NO3/c1-15-13-10-5-3-4-9-6-7-17-11(12(9)10)8-14(13)16-2/h9H,3-8H2,1-2H3. The fraction of sp³-hybridized carbons (Fsp3) is 0.692. The zero-order valence-corrected chi connectivity index (χ0v) is 10.5. The van der Waals surface area contributed by atoms with Crippen LogP contribution in [-0.4, -0.2) is 32.4 Å². The lowest BCUT2D eigenvalue weighted by Crippen LogP contribution is -2.37. The number of hydroxylamine groups is 2. The third-order valence-corrected chi connectivity index (χ3v) is 3.94. The first-order valence-electron chi connectivity index (χ1n) is 6.30. The van der Waals surface area contributed by atoms with Crippen molar-refractivity contribution in [2.45, 2.75) is 25.7 Å². The maximum Gasteiger partial charge on any atom is 0.217 e. The predicted molar refractivity (Wildman–Crippen MR) is 62.7 cm³/mol. The lowest BCUT2D eigenvalue weighted by Gasteiger charge is -2.40. The van der Waals surface area contributed by atoms with E-state index in [-0.39, 0.29) is 0 Å². The summed E-state index contributed by atoms with van der Waals surface area (Å²) in [6.45, 7) is 1.52. The molecule has 94 valence electrons. The first-order chi connectivity index (χ1) is 8.35. The van der Waals surface area contributed by atoms with Crippen LogP contribution >= 0.6 is 0 Å². The molecule has 0 amide bonds. The van der Waals surface area contributed by atoms with Gasteiger partial charge in [-0.15, -0.1) is 0 Å². The molecule has 1 aliphatic carbocycles. The molecule has 4 heteroatoms. The molecule has 2 heterocycles. The highest BCUT2D eigenvalue weighted by Crippen LogP contribution is 2.45. The summed E-state index contributed by atoms with van der Waals surface area (Å²) in [5.41, 5.74) is 2.71. The lowest BCUT2D eigenvalue weighted by atomic mass is 9.76. The summed E-state index contributed by atoms with van der Waals surface area (Å²) in [5, 5.41) is 1.79. The Hall–Kier alpha value is -1.16. The van der Waals surface area contributed by atoms with E-state index >= 15 is 0 Å². The topological polar surface area (TPSA) is 30.9 Å². The minimum Gasteiger partial charge on any atom is -0.496 e. The number of methoxy groups -OCH3 is 1. The van der Waals surface area contributed by atoms with Crippen LogP contribution in [0.15, 0.2) is 22.8 Å². The first kappa shape index (κ1) is 11.0. The Morgan fingerprint density at radius 3 is 2.94 bits per heavy atom. The Morgan fingerprint density at radius 1 is 1.29 bits per heavy atom. The van der Waals surface area contributed by atoms with Gasteiger partial charge in [-0.3, -0.25) is 4.84 Å². The Kier molecular flexibility index (Phi) is 2.74. The highest BCUT2D eigenvalue weighted by atomic mass is 16.7. The molecule has 1 fully saturated rings. The maximum atomic E-state index is 5.81. The van der Waals surface area contributed by atoms with Gasteiger partial charge in [0, 0.05) is 11.1 Å². The monoisotopic (exact) mass is 237 g/mol. The van der Waals surface area contributed by atoms with Crippen molar-refractivity contribution in [2.75, 3.05) is 27.4 Å². The minimum absolute atomic E-state index is 0.673. The van der Waals surface area contributed by atoms with Crippen LogP contribution in [0.4, 0.5) is 0 Å². The van der Waals surface area contributed by atoms with Gasteiger partial charge in [0.15, 0.2) is 0 Å². The van der Waals surface area contributed by atoms with Crippen LogP contribution in [0, 0.1) is 5.92 Å². The van der Waals surface area contributed by atoms with Gasteiger partial charge in [-0.1, -0.05) is 0 Å². The van der Waals surface area contributed by atoms with Gasteiger partial charge < -0.3 is 9.47 Å². The molecule has 1 atom stereocenters. The summed E-state index contributed by atoms with van der Waals surface area (Å²) >= 11 is 0. The molecule has 0 spiro atoms. The van der Waals surface area contributed by atoms with Crippen molar-refractivity contribution in [2.24, 2.45) is 5.92 Å². The lowest BCUT2D eigenvalue weighted by molar-refractivity contribution is -0.142. The minimum atomic E-state index is 0.673. The summed E-state index contributed by atoms with van der Waals surface area (Å²) in [6.07, 6.45) is 4.74. The molecule has 3 rings (SSSR count). The molecule has 2 aliphatic heterocycles.